The monoisotopic (exact) mass is 366 g/mol. The number of amides is 2. The van der Waals surface area contributed by atoms with Crippen molar-refractivity contribution in [2.24, 2.45) is 0 Å². The lowest BCUT2D eigenvalue weighted by molar-refractivity contribution is -0.140. The first-order chi connectivity index (χ1) is 13.1. The summed E-state index contributed by atoms with van der Waals surface area (Å²) in [6, 6.07) is 14.1. The van der Waals surface area contributed by atoms with Crippen LogP contribution in [0.2, 0.25) is 0 Å². The molecule has 2 aromatic rings. The second kappa shape index (κ2) is 8.40. The van der Waals surface area contributed by atoms with Crippen LogP contribution in [0.3, 0.4) is 0 Å². The second-order valence-corrected chi connectivity index (χ2v) is 6.12. The van der Waals surface area contributed by atoms with Crippen LogP contribution in [0, 0.1) is 0 Å². The maximum absolute atomic E-state index is 12.8. The van der Waals surface area contributed by atoms with Crippen molar-refractivity contribution in [2.45, 2.75) is 6.04 Å². The predicted octanol–water partition coefficient (Wildman–Crippen LogP) is 2.42. The molecule has 1 N–H and O–H groups in total. The largest absolute Gasteiger partial charge is 0.497 e. The van der Waals surface area contributed by atoms with E-state index in [9.17, 15) is 9.59 Å². The first-order valence-corrected chi connectivity index (χ1v) is 8.67. The van der Waals surface area contributed by atoms with Gasteiger partial charge in [0.1, 0.15) is 17.5 Å². The minimum absolute atomic E-state index is 0.169. The molecule has 0 spiro atoms. The topological polar surface area (TPSA) is 67.9 Å². The van der Waals surface area contributed by atoms with Gasteiger partial charge in [-0.3, -0.25) is 9.59 Å². The van der Waals surface area contributed by atoms with Crippen molar-refractivity contribution in [1.82, 2.24) is 10.2 Å². The Balaban J connectivity index is 1.83. The molecular formula is C21H22N2O4. The molecule has 0 radical (unpaired) electrons. The molecule has 0 aliphatic carbocycles. The molecule has 0 bridgehead atoms. The third-order valence-corrected chi connectivity index (χ3v) is 4.40. The van der Waals surface area contributed by atoms with E-state index in [1.807, 2.05) is 42.5 Å². The SMILES string of the molecule is COc1cc(/C=C/C(=O)N2CCNC(=O)C2c2ccccc2)cc(OC)c1. The Kier molecular flexibility index (Phi) is 5.76. The third-order valence-electron chi connectivity index (χ3n) is 4.40. The highest BCUT2D eigenvalue weighted by Crippen LogP contribution is 2.25. The van der Waals surface area contributed by atoms with E-state index in [2.05, 4.69) is 5.32 Å². The van der Waals surface area contributed by atoms with Crippen molar-refractivity contribution in [3.8, 4) is 11.5 Å². The molecule has 1 saturated heterocycles. The van der Waals surface area contributed by atoms with Crippen LogP contribution in [0.4, 0.5) is 0 Å². The fourth-order valence-corrected chi connectivity index (χ4v) is 3.06. The number of rotatable bonds is 5. The Morgan fingerprint density at radius 3 is 2.41 bits per heavy atom. The number of nitrogens with zero attached hydrogens (tertiary/aromatic N) is 1. The van der Waals surface area contributed by atoms with Gasteiger partial charge in [-0.05, 0) is 29.3 Å². The van der Waals surface area contributed by atoms with Gasteiger partial charge in [-0.2, -0.15) is 0 Å². The first kappa shape index (κ1) is 18.5. The van der Waals surface area contributed by atoms with Crippen molar-refractivity contribution in [1.29, 1.82) is 0 Å². The number of nitrogens with one attached hydrogen (secondary N) is 1. The Morgan fingerprint density at radius 1 is 1.11 bits per heavy atom. The number of piperazine rings is 1. The molecule has 2 amide bonds. The number of methoxy groups -OCH3 is 2. The molecule has 0 saturated carbocycles. The summed E-state index contributed by atoms with van der Waals surface area (Å²) in [7, 11) is 3.15. The van der Waals surface area contributed by atoms with Gasteiger partial charge in [0, 0.05) is 25.2 Å². The zero-order chi connectivity index (χ0) is 19.2. The van der Waals surface area contributed by atoms with Crippen molar-refractivity contribution in [2.75, 3.05) is 27.3 Å². The van der Waals surface area contributed by atoms with Gasteiger partial charge < -0.3 is 19.7 Å². The molecule has 2 aromatic carbocycles. The van der Waals surface area contributed by atoms with E-state index in [0.717, 1.165) is 11.1 Å². The van der Waals surface area contributed by atoms with Gasteiger partial charge in [0.25, 0.3) is 0 Å². The summed E-state index contributed by atoms with van der Waals surface area (Å²) in [4.78, 5) is 26.8. The highest BCUT2D eigenvalue weighted by atomic mass is 16.5. The lowest BCUT2D eigenvalue weighted by Gasteiger charge is -2.34. The molecule has 1 aliphatic heterocycles. The summed E-state index contributed by atoms with van der Waals surface area (Å²) >= 11 is 0. The third kappa shape index (κ3) is 4.28. The highest BCUT2D eigenvalue weighted by molar-refractivity contribution is 5.96. The number of carbonyl (C=O) groups is 2. The number of hydrogen-bond donors (Lipinski definition) is 1. The van der Waals surface area contributed by atoms with Crippen LogP contribution in [0.5, 0.6) is 11.5 Å². The van der Waals surface area contributed by atoms with Crippen molar-refractivity contribution in [3.05, 3.63) is 65.7 Å². The van der Waals surface area contributed by atoms with E-state index in [1.165, 1.54) is 6.08 Å². The number of benzene rings is 2. The summed E-state index contributed by atoms with van der Waals surface area (Å²) in [6.07, 6.45) is 3.17. The van der Waals surface area contributed by atoms with Crippen molar-refractivity contribution >= 4 is 17.9 Å². The van der Waals surface area contributed by atoms with Crippen LogP contribution in [0.15, 0.2) is 54.6 Å². The molecule has 1 aliphatic rings. The van der Waals surface area contributed by atoms with Gasteiger partial charge in [-0.15, -0.1) is 0 Å². The molecule has 27 heavy (non-hydrogen) atoms. The van der Waals surface area contributed by atoms with Gasteiger partial charge >= 0.3 is 0 Å². The maximum Gasteiger partial charge on any atom is 0.247 e. The van der Waals surface area contributed by atoms with Crippen LogP contribution in [-0.2, 0) is 9.59 Å². The summed E-state index contributed by atoms with van der Waals surface area (Å²) in [5.41, 5.74) is 1.57. The molecule has 3 rings (SSSR count). The van der Waals surface area contributed by atoms with E-state index in [0.29, 0.717) is 24.6 Å². The van der Waals surface area contributed by atoms with Crippen LogP contribution in [-0.4, -0.2) is 44.0 Å². The van der Waals surface area contributed by atoms with E-state index in [-0.39, 0.29) is 11.8 Å². The molecule has 1 unspecified atom stereocenters. The van der Waals surface area contributed by atoms with Crippen molar-refractivity contribution in [3.63, 3.8) is 0 Å². The van der Waals surface area contributed by atoms with Crippen LogP contribution in [0.25, 0.3) is 6.08 Å². The van der Waals surface area contributed by atoms with Crippen LogP contribution in [0.1, 0.15) is 17.2 Å². The fourth-order valence-electron chi connectivity index (χ4n) is 3.06. The standard InChI is InChI=1S/C21H22N2O4/c1-26-17-12-15(13-18(14-17)27-2)8-9-19(24)23-11-10-22-21(25)20(23)16-6-4-3-5-7-16/h3-9,12-14,20H,10-11H2,1-2H3,(H,22,25)/b9-8+. The van der Waals surface area contributed by atoms with Gasteiger partial charge in [0.15, 0.2) is 0 Å². The van der Waals surface area contributed by atoms with E-state index in [4.69, 9.17) is 9.47 Å². The molecule has 1 heterocycles. The Labute approximate surface area is 158 Å². The number of ether oxygens (including phenoxy) is 2. The van der Waals surface area contributed by atoms with Gasteiger partial charge in [-0.1, -0.05) is 30.3 Å². The molecule has 6 nitrogen and oxygen atoms in total. The lowest BCUT2D eigenvalue weighted by Crippen LogP contribution is -2.51. The normalized spacial score (nSPS) is 16.9. The zero-order valence-corrected chi connectivity index (χ0v) is 15.3. The van der Waals surface area contributed by atoms with E-state index < -0.39 is 6.04 Å². The number of hydrogen-bond acceptors (Lipinski definition) is 4. The molecule has 140 valence electrons. The molecule has 0 aromatic heterocycles. The van der Waals surface area contributed by atoms with Gasteiger partial charge in [0.2, 0.25) is 11.8 Å². The van der Waals surface area contributed by atoms with Gasteiger partial charge in [0.05, 0.1) is 14.2 Å². The average Bonchev–Trinajstić information content (AvgIpc) is 2.72. The Hall–Kier alpha value is -3.28. The summed E-state index contributed by atoms with van der Waals surface area (Å²) in [6.45, 7) is 0.893. The Bertz CT molecular complexity index is 826. The van der Waals surface area contributed by atoms with Crippen LogP contribution < -0.4 is 14.8 Å². The van der Waals surface area contributed by atoms with E-state index in [1.54, 1.807) is 31.3 Å². The quantitative estimate of drug-likeness (QED) is 0.826. The molecular weight excluding hydrogens is 344 g/mol. The summed E-state index contributed by atoms with van der Waals surface area (Å²) in [5.74, 6) is 0.889. The van der Waals surface area contributed by atoms with Gasteiger partial charge in [-0.25, -0.2) is 0 Å². The minimum atomic E-state index is -0.628. The maximum atomic E-state index is 12.8. The summed E-state index contributed by atoms with van der Waals surface area (Å²) in [5, 5.41) is 2.83. The predicted molar refractivity (Wildman–Crippen MR) is 102 cm³/mol. The fraction of sp³-hybridized carbons (Fsp3) is 0.238. The summed E-state index contributed by atoms with van der Waals surface area (Å²) < 4.78 is 10.5. The lowest BCUT2D eigenvalue weighted by atomic mass is 10.0. The first-order valence-electron chi connectivity index (χ1n) is 8.67. The highest BCUT2D eigenvalue weighted by Gasteiger charge is 2.33. The number of carbonyl (C=O) groups excluding carboxylic acids is 2. The second-order valence-electron chi connectivity index (χ2n) is 6.12. The van der Waals surface area contributed by atoms with Crippen LogP contribution >= 0.6 is 0 Å². The molecule has 6 heteroatoms. The molecule has 1 fully saturated rings. The van der Waals surface area contributed by atoms with E-state index >= 15 is 0 Å². The van der Waals surface area contributed by atoms with Crippen molar-refractivity contribution < 1.29 is 19.1 Å². The Morgan fingerprint density at radius 2 is 1.78 bits per heavy atom. The average molecular weight is 366 g/mol. The smallest absolute Gasteiger partial charge is 0.247 e. The molecule has 1 atom stereocenters. The zero-order valence-electron chi connectivity index (χ0n) is 15.3. The minimum Gasteiger partial charge on any atom is -0.497 e.